The highest BCUT2D eigenvalue weighted by Crippen LogP contribution is 2.41. The molecule has 0 saturated carbocycles. The Morgan fingerprint density at radius 2 is 2.04 bits per heavy atom. The van der Waals surface area contributed by atoms with E-state index in [0.717, 1.165) is 42.8 Å². The summed E-state index contributed by atoms with van der Waals surface area (Å²) in [7, 11) is 0. The standard InChI is InChI=1S/C19H21FN4O/c1-11-3-4-14(8-16(11)18-21-9-13(20)10-22-18)23-19(25)24-15-5-6-17(24)12(2)7-15/h3-4,8-10,12,15,17H,5-7H2,1-2H3,(H,23,25)/t12-,15+,17-/m0/s1. The summed E-state index contributed by atoms with van der Waals surface area (Å²) in [4.78, 5) is 22.8. The van der Waals surface area contributed by atoms with Gasteiger partial charge in [-0.25, -0.2) is 19.2 Å². The Balaban J connectivity index is 1.56. The van der Waals surface area contributed by atoms with Crippen molar-refractivity contribution in [2.24, 2.45) is 5.92 Å². The van der Waals surface area contributed by atoms with Gasteiger partial charge in [-0.05, 0) is 49.8 Å². The van der Waals surface area contributed by atoms with Crippen LogP contribution in [0.25, 0.3) is 11.4 Å². The van der Waals surface area contributed by atoms with Crippen LogP contribution in [-0.4, -0.2) is 33.0 Å². The Kier molecular flexibility index (Phi) is 3.90. The van der Waals surface area contributed by atoms with Gasteiger partial charge in [0.1, 0.15) is 0 Å². The number of carbonyl (C=O) groups excluding carboxylic acids is 1. The molecule has 1 aromatic heterocycles. The van der Waals surface area contributed by atoms with E-state index < -0.39 is 5.82 Å². The quantitative estimate of drug-likeness (QED) is 0.899. The van der Waals surface area contributed by atoms with Gasteiger partial charge in [0.05, 0.1) is 12.4 Å². The molecule has 0 radical (unpaired) electrons. The molecule has 3 heterocycles. The number of fused-ring (bicyclic) bond motifs is 2. The molecule has 2 amide bonds. The van der Waals surface area contributed by atoms with Crippen molar-refractivity contribution in [2.45, 2.75) is 45.2 Å². The predicted octanol–water partition coefficient (Wildman–Crippen LogP) is 4.00. The molecule has 1 N–H and O–H groups in total. The van der Waals surface area contributed by atoms with E-state index in [9.17, 15) is 9.18 Å². The number of aryl methyl sites for hydroxylation is 1. The second-order valence-corrected chi connectivity index (χ2v) is 7.10. The van der Waals surface area contributed by atoms with E-state index in [1.165, 1.54) is 0 Å². The van der Waals surface area contributed by atoms with E-state index in [4.69, 9.17) is 0 Å². The summed E-state index contributed by atoms with van der Waals surface area (Å²) in [6.07, 6.45) is 5.60. The normalized spacial score (nSPS) is 24.6. The maximum atomic E-state index is 13.1. The largest absolute Gasteiger partial charge is 0.322 e. The second kappa shape index (κ2) is 6.10. The summed E-state index contributed by atoms with van der Waals surface area (Å²) >= 11 is 0. The van der Waals surface area contributed by atoms with Crippen LogP contribution in [0.15, 0.2) is 30.6 Å². The number of nitrogens with zero attached hydrogens (tertiary/aromatic N) is 3. The molecule has 1 aromatic carbocycles. The molecule has 25 heavy (non-hydrogen) atoms. The Morgan fingerprint density at radius 1 is 1.28 bits per heavy atom. The topological polar surface area (TPSA) is 58.1 Å². The summed E-state index contributed by atoms with van der Waals surface area (Å²) < 4.78 is 13.1. The first-order valence-corrected chi connectivity index (χ1v) is 8.71. The number of carbonyl (C=O) groups is 1. The lowest BCUT2D eigenvalue weighted by Gasteiger charge is -2.23. The zero-order valence-corrected chi connectivity index (χ0v) is 14.4. The molecule has 6 heteroatoms. The molecule has 3 atom stereocenters. The highest BCUT2D eigenvalue weighted by molar-refractivity contribution is 5.91. The van der Waals surface area contributed by atoms with E-state index in [-0.39, 0.29) is 6.03 Å². The number of anilines is 1. The van der Waals surface area contributed by atoms with Gasteiger partial charge in [-0.1, -0.05) is 13.0 Å². The Hall–Kier alpha value is -2.50. The van der Waals surface area contributed by atoms with Crippen LogP contribution in [0.1, 0.15) is 31.7 Å². The van der Waals surface area contributed by atoms with Crippen molar-refractivity contribution in [3.8, 4) is 11.4 Å². The van der Waals surface area contributed by atoms with Gasteiger partial charge in [-0.2, -0.15) is 0 Å². The van der Waals surface area contributed by atoms with E-state index in [1.807, 2.05) is 30.0 Å². The van der Waals surface area contributed by atoms with Crippen molar-refractivity contribution in [3.63, 3.8) is 0 Å². The van der Waals surface area contributed by atoms with Gasteiger partial charge in [-0.15, -0.1) is 0 Å². The summed E-state index contributed by atoms with van der Waals surface area (Å²) in [6, 6.07) is 6.33. The molecule has 2 aliphatic heterocycles. The van der Waals surface area contributed by atoms with Crippen molar-refractivity contribution in [2.75, 3.05) is 5.32 Å². The molecule has 2 aliphatic rings. The maximum absolute atomic E-state index is 13.1. The number of hydrogen-bond acceptors (Lipinski definition) is 3. The minimum absolute atomic E-state index is 0.0355. The van der Waals surface area contributed by atoms with Crippen molar-refractivity contribution >= 4 is 11.7 Å². The summed E-state index contributed by atoms with van der Waals surface area (Å²) in [5, 5.41) is 3.01. The number of urea groups is 1. The van der Waals surface area contributed by atoms with E-state index >= 15 is 0 Å². The van der Waals surface area contributed by atoms with Gasteiger partial charge in [0.2, 0.25) is 0 Å². The van der Waals surface area contributed by atoms with Gasteiger partial charge in [0, 0.05) is 23.3 Å². The zero-order chi connectivity index (χ0) is 17.6. The minimum Gasteiger partial charge on any atom is -0.318 e. The monoisotopic (exact) mass is 340 g/mol. The van der Waals surface area contributed by atoms with E-state index in [2.05, 4.69) is 22.2 Å². The lowest BCUT2D eigenvalue weighted by atomic mass is 9.91. The number of aromatic nitrogens is 2. The summed E-state index contributed by atoms with van der Waals surface area (Å²) in [5.41, 5.74) is 2.47. The van der Waals surface area contributed by atoms with Crippen molar-refractivity contribution in [1.29, 1.82) is 0 Å². The van der Waals surface area contributed by atoms with Crippen LogP contribution in [0.2, 0.25) is 0 Å². The SMILES string of the molecule is Cc1ccc(NC(=O)N2[C@@H]3CC[C@H]2[C@@H](C)C3)cc1-c1ncc(F)cn1. The molecule has 5 nitrogen and oxygen atoms in total. The highest BCUT2D eigenvalue weighted by Gasteiger charge is 2.46. The van der Waals surface area contributed by atoms with Gasteiger partial charge >= 0.3 is 6.03 Å². The van der Waals surface area contributed by atoms with Crippen molar-refractivity contribution in [1.82, 2.24) is 14.9 Å². The fraction of sp³-hybridized carbons (Fsp3) is 0.421. The lowest BCUT2D eigenvalue weighted by molar-refractivity contribution is 0.202. The molecule has 4 rings (SSSR count). The summed E-state index contributed by atoms with van der Waals surface area (Å²) in [6.45, 7) is 4.16. The maximum Gasteiger partial charge on any atom is 0.322 e. The average Bonchev–Trinajstić information content (AvgIpc) is 3.14. The molecule has 0 spiro atoms. The highest BCUT2D eigenvalue weighted by atomic mass is 19.1. The number of amides is 2. The Labute approximate surface area is 146 Å². The third-order valence-electron chi connectivity index (χ3n) is 5.43. The van der Waals surface area contributed by atoms with Crippen molar-refractivity contribution < 1.29 is 9.18 Å². The second-order valence-electron chi connectivity index (χ2n) is 7.10. The van der Waals surface area contributed by atoms with E-state index in [1.54, 1.807) is 0 Å². The van der Waals surface area contributed by atoms with Crippen LogP contribution in [0.5, 0.6) is 0 Å². The molecule has 2 saturated heterocycles. The molecular weight excluding hydrogens is 319 g/mol. The molecule has 2 fully saturated rings. The first kappa shape index (κ1) is 16.0. The van der Waals surface area contributed by atoms with E-state index in [0.29, 0.717) is 29.5 Å². The molecule has 0 aliphatic carbocycles. The average molecular weight is 340 g/mol. The van der Waals surface area contributed by atoms with Crippen LogP contribution in [0.3, 0.4) is 0 Å². The Morgan fingerprint density at radius 3 is 2.68 bits per heavy atom. The first-order valence-electron chi connectivity index (χ1n) is 8.71. The number of hydrogen-bond donors (Lipinski definition) is 1. The smallest absolute Gasteiger partial charge is 0.318 e. The molecule has 2 aromatic rings. The molecule has 2 bridgehead atoms. The van der Waals surface area contributed by atoms with Crippen LogP contribution >= 0.6 is 0 Å². The van der Waals surface area contributed by atoms with Crippen LogP contribution in [0, 0.1) is 18.7 Å². The van der Waals surface area contributed by atoms with Crippen LogP contribution in [-0.2, 0) is 0 Å². The fourth-order valence-corrected chi connectivity index (χ4v) is 4.18. The zero-order valence-electron chi connectivity index (χ0n) is 14.4. The third kappa shape index (κ3) is 2.86. The van der Waals surface area contributed by atoms with Gasteiger partial charge < -0.3 is 10.2 Å². The minimum atomic E-state index is -0.468. The number of halogens is 1. The van der Waals surface area contributed by atoms with Gasteiger partial charge in [-0.3, -0.25) is 0 Å². The molecule has 130 valence electrons. The van der Waals surface area contributed by atoms with Crippen LogP contribution < -0.4 is 5.32 Å². The van der Waals surface area contributed by atoms with Crippen LogP contribution in [0.4, 0.5) is 14.9 Å². The van der Waals surface area contributed by atoms with Crippen molar-refractivity contribution in [3.05, 3.63) is 42.0 Å². The predicted molar refractivity (Wildman–Crippen MR) is 93.6 cm³/mol. The van der Waals surface area contributed by atoms with Gasteiger partial charge in [0.15, 0.2) is 11.6 Å². The molecular formula is C19H21FN4O. The number of nitrogens with one attached hydrogen (secondary N) is 1. The lowest BCUT2D eigenvalue weighted by Crippen LogP contribution is -2.39. The summed E-state index contributed by atoms with van der Waals surface area (Å²) in [5.74, 6) is 0.556. The number of rotatable bonds is 2. The molecule has 0 unspecified atom stereocenters. The fourth-order valence-electron chi connectivity index (χ4n) is 4.18. The number of benzene rings is 1. The first-order chi connectivity index (χ1) is 12.0. The Bertz CT molecular complexity index is 808. The van der Waals surface area contributed by atoms with Gasteiger partial charge in [0.25, 0.3) is 0 Å². The third-order valence-corrected chi connectivity index (χ3v) is 5.43.